The molecule has 0 aromatic heterocycles. The first kappa shape index (κ1) is 16.1. The molecule has 0 aliphatic heterocycles. The summed E-state index contributed by atoms with van der Waals surface area (Å²) in [4.78, 5) is 24.3. The molecule has 0 bridgehead atoms. The van der Waals surface area contributed by atoms with Crippen LogP contribution in [0.3, 0.4) is 0 Å². The van der Waals surface area contributed by atoms with Gasteiger partial charge in [0.1, 0.15) is 0 Å². The maximum absolute atomic E-state index is 12.7. The van der Waals surface area contributed by atoms with E-state index in [-0.39, 0.29) is 11.7 Å². The van der Waals surface area contributed by atoms with E-state index in [0.717, 1.165) is 18.4 Å². The monoisotopic (exact) mass is 326 g/mol. The quantitative estimate of drug-likeness (QED) is 0.624. The molecular formula is C19H18O5. The average molecular weight is 326 g/mol. The van der Waals surface area contributed by atoms with E-state index in [4.69, 9.17) is 9.47 Å². The smallest absolute Gasteiger partial charge is 0.337 e. The molecule has 0 N–H and O–H groups in total. The first-order chi connectivity index (χ1) is 11.6. The van der Waals surface area contributed by atoms with Crippen molar-refractivity contribution in [1.82, 2.24) is 0 Å². The summed E-state index contributed by atoms with van der Waals surface area (Å²) in [5, 5.41) is 0. The Morgan fingerprint density at radius 1 is 0.958 bits per heavy atom. The Morgan fingerprint density at radius 2 is 1.67 bits per heavy atom. The number of benzene rings is 2. The molecule has 0 heterocycles. The minimum absolute atomic E-state index is 0.289. The van der Waals surface area contributed by atoms with E-state index in [1.54, 1.807) is 12.1 Å². The summed E-state index contributed by atoms with van der Waals surface area (Å²) in [6, 6.07) is 14.2. The number of rotatable bonds is 5. The average Bonchev–Trinajstić information content (AvgIpc) is 3.44. The summed E-state index contributed by atoms with van der Waals surface area (Å²) < 4.78 is 15.5. The number of carbonyl (C=O) groups is 2. The van der Waals surface area contributed by atoms with Gasteiger partial charge in [0.05, 0.1) is 25.2 Å². The van der Waals surface area contributed by atoms with Crippen LogP contribution in [0.25, 0.3) is 0 Å². The fourth-order valence-electron chi connectivity index (χ4n) is 2.69. The van der Waals surface area contributed by atoms with Crippen molar-refractivity contribution in [3.63, 3.8) is 0 Å². The summed E-state index contributed by atoms with van der Waals surface area (Å²) in [6.07, 6.45) is 1.52. The maximum Gasteiger partial charge on any atom is 0.337 e. The van der Waals surface area contributed by atoms with Crippen molar-refractivity contribution in [1.29, 1.82) is 0 Å². The maximum atomic E-state index is 12.7. The SMILES string of the molecule is COC(=O)c1ccc(OC(=O)C2(c3ccccc3)CC2)c(OC)c1. The predicted molar refractivity (Wildman–Crippen MR) is 87.3 cm³/mol. The van der Waals surface area contributed by atoms with Crippen LogP contribution in [-0.2, 0) is 14.9 Å². The second-order valence-corrected chi connectivity index (χ2v) is 5.69. The van der Waals surface area contributed by atoms with Crippen molar-refractivity contribution in [2.45, 2.75) is 18.3 Å². The van der Waals surface area contributed by atoms with Crippen molar-refractivity contribution < 1.29 is 23.8 Å². The molecule has 2 aromatic rings. The Morgan fingerprint density at radius 3 is 2.25 bits per heavy atom. The molecule has 0 radical (unpaired) electrons. The molecule has 0 atom stereocenters. The molecular weight excluding hydrogens is 308 g/mol. The Balaban J connectivity index is 1.83. The molecule has 0 spiro atoms. The first-order valence-electron chi connectivity index (χ1n) is 7.65. The van der Waals surface area contributed by atoms with E-state index in [0.29, 0.717) is 11.3 Å². The fraction of sp³-hybridized carbons (Fsp3) is 0.263. The summed E-state index contributed by atoms with van der Waals surface area (Å²) in [5.74, 6) is -0.181. The molecule has 0 unspecified atom stereocenters. The highest BCUT2D eigenvalue weighted by Gasteiger charge is 2.53. The lowest BCUT2D eigenvalue weighted by molar-refractivity contribution is -0.137. The van der Waals surface area contributed by atoms with E-state index >= 15 is 0 Å². The zero-order valence-electron chi connectivity index (χ0n) is 13.6. The van der Waals surface area contributed by atoms with Gasteiger partial charge in [-0.05, 0) is 36.6 Å². The second-order valence-electron chi connectivity index (χ2n) is 5.69. The predicted octanol–water partition coefficient (Wildman–Crippen LogP) is 3.12. The van der Waals surface area contributed by atoms with Crippen molar-refractivity contribution in [3.05, 3.63) is 59.7 Å². The minimum Gasteiger partial charge on any atom is -0.493 e. The van der Waals surface area contributed by atoms with Gasteiger partial charge in [-0.15, -0.1) is 0 Å². The molecule has 0 saturated heterocycles. The number of carbonyl (C=O) groups excluding carboxylic acids is 2. The van der Waals surface area contributed by atoms with E-state index in [1.807, 2.05) is 30.3 Å². The van der Waals surface area contributed by atoms with Crippen LogP contribution < -0.4 is 9.47 Å². The van der Waals surface area contributed by atoms with Gasteiger partial charge in [0.15, 0.2) is 11.5 Å². The Labute approximate surface area is 140 Å². The molecule has 1 saturated carbocycles. The van der Waals surface area contributed by atoms with Gasteiger partial charge in [0, 0.05) is 0 Å². The zero-order chi connectivity index (χ0) is 17.2. The molecule has 1 aliphatic rings. The molecule has 5 heteroatoms. The van der Waals surface area contributed by atoms with Gasteiger partial charge >= 0.3 is 11.9 Å². The van der Waals surface area contributed by atoms with E-state index in [1.165, 1.54) is 20.3 Å². The lowest BCUT2D eigenvalue weighted by Crippen LogP contribution is -2.26. The molecule has 2 aromatic carbocycles. The van der Waals surface area contributed by atoms with Crippen molar-refractivity contribution in [2.75, 3.05) is 14.2 Å². The van der Waals surface area contributed by atoms with Crippen LogP contribution in [0, 0.1) is 0 Å². The van der Waals surface area contributed by atoms with Gasteiger partial charge in [-0.3, -0.25) is 4.79 Å². The van der Waals surface area contributed by atoms with Crippen molar-refractivity contribution >= 4 is 11.9 Å². The van der Waals surface area contributed by atoms with Crippen molar-refractivity contribution in [2.24, 2.45) is 0 Å². The van der Waals surface area contributed by atoms with Gasteiger partial charge < -0.3 is 14.2 Å². The second kappa shape index (κ2) is 6.35. The fourth-order valence-corrected chi connectivity index (χ4v) is 2.69. The lowest BCUT2D eigenvalue weighted by Gasteiger charge is -2.16. The lowest BCUT2D eigenvalue weighted by atomic mass is 9.96. The molecule has 3 rings (SSSR count). The molecule has 1 aliphatic carbocycles. The van der Waals surface area contributed by atoms with Crippen LogP contribution in [0.1, 0.15) is 28.8 Å². The van der Waals surface area contributed by atoms with Gasteiger partial charge in [-0.1, -0.05) is 30.3 Å². The topological polar surface area (TPSA) is 61.8 Å². The largest absolute Gasteiger partial charge is 0.493 e. The van der Waals surface area contributed by atoms with Gasteiger partial charge in [0.25, 0.3) is 0 Å². The van der Waals surface area contributed by atoms with Crippen LogP contribution in [0.4, 0.5) is 0 Å². The molecule has 5 nitrogen and oxygen atoms in total. The number of ether oxygens (including phenoxy) is 3. The first-order valence-corrected chi connectivity index (χ1v) is 7.65. The summed E-state index contributed by atoms with van der Waals surface area (Å²) in [6.45, 7) is 0. The normalized spacial score (nSPS) is 14.6. The number of methoxy groups -OCH3 is 2. The molecule has 24 heavy (non-hydrogen) atoms. The third-order valence-corrected chi connectivity index (χ3v) is 4.25. The molecule has 0 amide bonds. The van der Waals surface area contributed by atoms with E-state index < -0.39 is 11.4 Å². The van der Waals surface area contributed by atoms with Gasteiger partial charge in [-0.25, -0.2) is 4.79 Å². The number of hydrogen-bond acceptors (Lipinski definition) is 5. The van der Waals surface area contributed by atoms with Crippen LogP contribution in [0.15, 0.2) is 48.5 Å². The standard InChI is InChI=1S/C19H18O5/c1-22-16-12-13(17(20)23-2)8-9-15(16)24-18(21)19(10-11-19)14-6-4-3-5-7-14/h3-9,12H,10-11H2,1-2H3. The number of hydrogen-bond donors (Lipinski definition) is 0. The van der Waals surface area contributed by atoms with Crippen LogP contribution in [0.2, 0.25) is 0 Å². The van der Waals surface area contributed by atoms with Crippen LogP contribution >= 0.6 is 0 Å². The number of esters is 2. The highest BCUT2D eigenvalue weighted by molar-refractivity contribution is 5.91. The van der Waals surface area contributed by atoms with E-state index in [9.17, 15) is 9.59 Å². The van der Waals surface area contributed by atoms with Crippen molar-refractivity contribution in [3.8, 4) is 11.5 Å². The molecule has 1 fully saturated rings. The van der Waals surface area contributed by atoms with Crippen LogP contribution in [-0.4, -0.2) is 26.2 Å². The third kappa shape index (κ3) is 2.85. The van der Waals surface area contributed by atoms with E-state index in [2.05, 4.69) is 4.74 Å². The summed E-state index contributed by atoms with van der Waals surface area (Å²) >= 11 is 0. The summed E-state index contributed by atoms with van der Waals surface area (Å²) in [5.41, 5.74) is 0.714. The zero-order valence-corrected chi connectivity index (χ0v) is 13.6. The van der Waals surface area contributed by atoms with Crippen LogP contribution in [0.5, 0.6) is 11.5 Å². The van der Waals surface area contributed by atoms with Gasteiger partial charge in [-0.2, -0.15) is 0 Å². The Hall–Kier alpha value is -2.82. The minimum atomic E-state index is -0.576. The third-order valence-electron chi connectivity index (χ3n) is 4.25. The molecule has 124 valence electrons. The Kier molecular flexibility index (Phi) is 4.25. The Bertz CT molecular complexity index is 763. The van der Waals surface area contributed by atoms with Gasteiger partial charge in [0.2, 0.25) is 0 Å². The summed E-state index contributed by atoms with van der Waals surface area (Å²) in [7, 11) is 2.76. The highest BCUT2D eigenvalue weighted by Crippen LogP contribution is 2.49. The highest BCUT2D eigenvalue weighted by atomic mass is 16.6.